The van der Waals surface area contributed by atoms with Gasteiger partial charge in [0.1, 0.15) is 0 Å². The van der Waals surface area contributed by atoms with Gasteiger partial charge >= 0.3 is 204 Å². The Labute approximate surface area is 240 Å². The molecule has 184 valence electrons. The van der Waals surface area contributed by atoms with Crippen molar-refractivity contribution in [2.45, 2.75) is 85.2 Å². The van der Waals surface area contributed by atoms with E-state index < -0.39 is 8.07 Å². The van der Waals surface area contributed by atoms with E-state index in [4.69, 9.17) is 0 Å². The zero-order valence-electron chi connectivity index (χ0n) is 22.0. The summed E-state index contributed by atoms with van der Waals surface area (Å²) in [5, 5.41) is 3.30. The van der Waals surface area contributed by atoms with Crippen LogP contribution in [0, 0.1) is 0 Å². The first kappa shape index (κ1) is 33.7. The first-order chi connectivity index (χ1) is 14.7. The van der Waals surface area contributed by atoms with E-state index in [0.717, 1.165) is 12.8 Å². The Hall–Kier alpha value is -0.279. The van der Waals surface area contributed by atoms with Crippen molar-refractivity contribution in [1.29, 1.82) is 0 Å². The second-order valence-corrected chi connectivity index (χ2v) is 15.1. The normalized spacial score (nSPS) is 20.2. The molecular weight excluding hydrogens is 531 g/mol. The van der Waals surface area contributed by atoms with E-state index in [2.05, 4.69) is 124 Å². The number of hydrogen-bond donors (Lipinski definition) is 0. The molecule has 0 amide bonds. The fourth-order valence-corrected chi connectivity index (χ4v) is 14.7. The predicted octanol–water partition coefficient (Wildman–Crippen LogP) is -1.88. The monoisotopic (exact) mass is 568 g/mol. The fraction of sp³-hybridized carbons (Fsp3) is 0.448. The predicted molar refractivity (Wildman–Crippen MR) is 136 cm³/mol. The minimum atomic E-state index is -2.26. The molecule has 0 saturated carbocycles. The topological polar surface area (TPSA) is 0 Å². The molecule has 0 fully saturated rings. The van der Waals surface area contributed by atoms with Crippen LogP contribution in [0.2, 0.25) is 10.6 Å². The van der Waals surface area contributed by atoms with Crippen molar-refractivity contribution in [3.8, 4) is 0 Å². The van der Waals surface area contributed by atoms with Gasteiger partial charge in [-0.15, -0.1) is 0 Å². The molecule has 3 rings (SSSR count). The van der Waals surface area contributed by atoms with E-state index in [1.807, 2.05) is 0 Å². The Morgan fingerprint density at radius 2 is 1.29 bits per heavy atom. The Morgan fingerprint density at radius 1 is 0.794 bits per heavy atom. The molecule has 34 heavy (non-hydrogen) atoms. The first-order valence-corrected chi connectivity index (χ1v) is 14.9. The van der Waals surface area contributed by atoms with E-state index in [-0.39, 0.29) is 42.3 Å². The van der Waals surface area contributed by atoms with Crippen molar-refractivity contribution in [3.63, 3.8) is 0 Å². The quantitative estimate of drug-likeness (QED) is 0.343. The number of aryl methyl sites for hydroxylation is 2. The third-order valence-electron chi connectivity index (χ3n) is 8.44. The molecule has 0 bridgehead atoms. The van der Waals surface area contributed by atoms with Gasteiger partial charge < -0.3 is 37.2 Å². The van der Waals surface area contributed by atoms with E-state index in [0.29, 0.717) is 5.54 Å². The Balaban J connectivity index is 0.00000363. The van der Waals surface area contributed by atoms with Crippen LogP contribution in [-0.4, -0.2) is 8.07 Å². The zero-order valence-corrected chi connectivity index (χ0v) is 26.8. The summed E-state index contributed by atoms with van der Waals surface area (Å²) < 4.78 is 1.60. The van der Waals surface area contributed by atoms with Crippen LogP contribution in [0.1, 0.15) is 72.9 Å². The number of benzene rings is 2. The van der Waals surface area contributed by atoms with Gasteiger partial charge in [-0.2, -0.15) is 0 Å². The molecule has 2 aromatic carbocycles. The van der Waals surface area contributed by atoms with Gasteiger partial charge in [0.25, 0.3) is 0 Å². The summed E-state index contributed by atoms with van der Waals surface area (Å²) >= 11 is 2.42. The van der Waals surface area contributed by atoms with Crippen LogP contribution in [0.15, 0.2) is 69.1 Å². The Kier molecular flexibility index (Phi) is 13.2. The molecule has 0 nitrogen and oxygen atoms in total. The van der Waals surface area contributed by atoms with Gasteiger partial charge in [-0.25, -0.2) is 0 Å². The molecule has 0 saturated heterocycles. The summed E-state index contributed by atoms with van der Waals surface area (Å²) in [5.74, 6) is 0. The summed E-state index contributed by atoms with van der Waals surface area (Å²) in [4.78, 5) is 0. The van der Waals surface area contributed by atoms with Gasteiger partial charge in [-0.05, 0) is 0 Å². The smallest absolute Gasteiger partial charge is 1.00 e. The van der Waals surface area contributed by atoms with Crippen molar-refractivity contribution in [1.82, 2.24) is 0 Å². The summed E-state index contributed by atoms with van der Waals surface area (Å²) in [5.41, 5.74) is 8.23. The van der Waals surface area contributed by atoms with Gasteiger partial charge in [0.2, 0.25) is 0 Å². The molecular formula is C29H39Cl3SiTi. The SMILES string of the molecule is CCc1cc(CC)cc([Si](c2ccccc2)(C(C)CC)C2(C)C(C)=C(C)C(C)=[C]2[Ti+3])c1.[Cl-].[Cl-].[Cl-]. The number of halogens is 3. The van der Waals surface area contributed by atoms with E-state index in [9.17, 15) is 0 Å². The van der Waals surface area contributed by atoms with Crippen LogP contribution in [0.5, 0.6) is 0 Å². The van der Waals surface area contributed by atoms with Gasteiger partial charge in [-0.3, -0.25) is 0 Å². The number of hydrogen-bond acceptors (Lipinski definition) is 0. The maximum absolute atomic E-state index is 2.59. The van der Waals surface area contributed by atoms with Crippen molar-refractivity contribution in [2.75, 3.05) is 0 Å². The number of rotatable bonds is 7. The summed E-state index contributed by atoms with van der Waals surface area (Å²) in [6.07, 6.45) is 3.39. The van der Waals surface area contributed by atoms with Gasteiger partial charge in [-0.1, -0.05) is 0 Å². The fourth-order valence-electron chi connectivity index (χ4n) is 6.11. The summed E-state index contributed by atoms with van der Waals surface area (Å²) in [6, 6.07) is 19.2. The minimum absolute atomic E-state index is 0. The maximum Gasteiger partial charge on any atom is -1.00 e. The molecule has 0 aliphatic heterocycles. The molecule has 2 aromatic rings. The van der Waals surface area contributed by atoms with E-state index >= 15 is 0 Å². The van der Waals surface area contributed by atoms with E-state index in [1.165, 1.54) is 28.7 Å². The second kappa shape index (κ2) is 13.3. The van der Waals surface area contributed by atoms with Crippen molar-refractivity contribution in [3.05, 3.63) is 80.3 Å². The van der Waals surface area contributed by atoms with E-state index in [1.54, 1.807) is 19.8 Å². The average Bonchev–Trinajstić information content (AvgIpc) is 2.95. The molecule has 5 heteroatoms. The summed E-state index contributed by atoms with van der Waals surface area (Å²) in [6.45, 7) is 19.2. The summed E-state index contributed by atoms with van der Waals surface area (Å²) in [7, 11) is -2.26. The Bertz CT molecular complexity index is 983. The molecule has 0 N–H and O–H groups in total. The molecule has 1 aliphatic carbocycles. The third-order valence-corrected chi connectivity index (χ3v) is 16.7. The second-order valence-electron chi connectivity index (χ2n) is 9.60. The van der Waals surface area contributed by atoms with Crippen LogP contribution in [0.4, 0.5) is 0 Å². The van der Waals surface area contributed by atoms with Crippen LogP contribution < -0.4 is 47.6 Å². The standard InChI is InChI=1S/C29H39Si.3ClH.Ti/c1-9-22(5)30(27-15-13-12-14-16-27,29(8)20-21(4)23(6)24(29)7)28-18-25(10-2)17-26(11-3)19-28;;;;/h12-19,22H,9-11H2,1-8H3;3*1H;/q;;;;+3/p-3. The van der Waals surface area contributed by atoms with Gasteiger partial charge in [0, 0.05) is 0 Å². The molecule has 1 aliphatic rings. The average molecular weight is 570 g/mol. The van der Waals surface area contributed by atoms with Crippen molar-refractivity contribution < 1.29 is 57.7 Å². The number of allylic oxidation sites excluding steroid dienone is 4. The van der Waals surface area contributed by atoms with Crippen LogP contribution >= 0.6 is 0 Å². The third kappa shape index (κ3) is 5.09. The van der Waals surface area contributed by atoms with Crippen molar-refractivity contribution >= 4 is 18.4 Å². The van der Waals surface area contributed by atoms with Crippen LogP contribution in [0.25, 0.3) is 0 Å². The molecule has 0 heterocycles. The zero-order chi connectivity index (χ0) is 23.0. The van der Waals surface area contributed by atoms with Crippen LogP contribution in [0.3, 0.4) is 0 Å². The van der Waals surface area contributed by atoms with Gasteiger partial charge in [0.15, 0.2) is 0 Å². The van der Waals surface area contributed by atoms with Gasteiger partial charge in [0.05, 0.1) is 0 Å². The molecule has 0 aromatic heterocycles. The Morgan fingerprint density at radius 3 is 1.68 bits per heavy atom. The van der Waals surface area contributed by atoms with Crippen molar-refractivity contribution in [2.24, 2.45) is 0 Å². The molecule has 0 spiro atoms. The maximum atomic E-state index is 2.59. The first-order valence-electron chi connectivity index (χ1n) is 12.0. The molecule has 3 unspecified atom stereocenters. The molecule has 3 atom stereocenters. The minimum Gasteiger partial charge on any atom is -1.00 e. The van der Waals surface area contributed by atoms with Crippen LogP contribution in [-0.2, 0) is 33.3 Å². The largest absolute Gasteiger partial charge is 1.00 e. The molecule has 0 radical (unpaired) electrons.